The van der Waals surface area contributed by atoms with Gasteiger partial charge in [-0.05, 0) is 100 Å². The third-order valence-corrected chi connectivity index (χ3v) is 9.19. The molecule has 4 aromatic rings. The predicted octanol–water partition coefficient (Wildman–Crippen LogP) is 6.40. The van der Waals surface area contributed by atoms with Crippen molar-refractivity contribution in [2.24, 2.45) is 0 Å². The summed E-state index contributed by atoms with van der Waals surface area (Å²) in [5, 5.41) is 8.53. The molecule has 2 aromatic carbocycles. The van der Waals surface area contributed by atoms with E-state index in [1.807, 2.05) is 41.1 Å². The topological polar surface area (TPSA) is 78.3 Å². The summed E-state index contributed by atoms with van der Waals surface area (Å²) >= 11 is 6.33. The smallest absolute Gasteiger partial charge is 0.260 e. The van der Waals surface area contributed by atoms with Gasteiger partial charge in [0.05, 0.1) is 0 Å². The van der Waals surface area contributed by atoms with E-state index in [0.29, 0.717) is 28.2 Å². The average molecular weight is 600 g/mol. The number of anilines is 3. The summed E-state index contributed by atoms with van der Waals surface area (Å²) < 4.78 is 1.93. The van der Waals surface area contributed by atoms with Gasteiger partial charge in [0.15, 0.2) is 0 Å². The van der Waals surface area contributed by atoms with Crippen LogP contribution < -0.4 is 21.1 Å². The van der Waals surface area contributed by atoms with Gasteiger partial charge in [-0.2, -0.15) is 4.98 Å². The van der Waals surface area contributed by atoms with Gasteiger partial charge in [-0.15, -0.1) is 0 Å². The molecule has 0 spiro atoms. The molecule has 0 bridgehead atoms. The number of nitrogens with zero attached hydrogens (tertiary/aromatic N) is 5. The number of rotatable bonds is 8. The van der Waals surface area contributed by atoms with E-state index in [2.05, 4.69) is 64.5 Å². The van der Waals surface area contributed by atoms with E-state index in [9.17, 15) is 4.79 Å². The lowest BCUT2D eigenvalue weighted by molar-refractivity contribution is 0.291. The van der Waals surface area contributed by atoms with Gasteiger partial charge in [0.2, 0.25) is 5.95 Å². The molecule has 0 unspecified atom stereocenters. The molecule has 3 heterocycles. The normalized spacial score (nSPS) is 19.6. The second kappa shape index (κ2) is 13.0. The molecule has 0 radical (unpaired) electrons. The molecule has 2 aliphatic rings. The lowest BCUT2D eigenvalue weighted by Gasteiger charge is -2.35. The zero-order chi connectivity index (χ0) is 29.9. The molecule has 6 rings (SSSR count). The Morgan fingerprint density at radius 3 is 2.51 bits per heavy atom. The van der Waals surface area contributed by atoms with Crippen molar-refractivity contribution >= 4 is 40.0 Å². The molecular formula is C34H42ClN7O. The third-order valence-electron chi connectivity index (χ3n) is 8.95. The van der Waals surface area contributed by atoms with E-state index >= 15 is 0 Å². The highest BCUT2D eigenvalue weighted by Crippen LogP contribution is 2.32. The van der Waals surface area contributed by atoms with Crippen LogP contribution in [0.3, 0.4) is 0 Å². The Balaban J connectivity index is 1.33. The number of aryl methyl sites for hydroxylation is 1. The van der Waals surface area contributed by atoms with Crippen LogP contribution in [0.25, 0.3) is 22.2 Å². The summed E-state index contributed by atoms with van der Waals surface area (Å²) in [7, 11) is 2.17. The summed E-state index contributed by atoms with van der Waals surface area (Å²) in [4.78, 5) is 28.6. The lowest BCUT2D eigenvalue weighted by Crippen LogP contribution is -2.44. The van der Waals surface area contributed by atoms with E-state index in [0.717, 1.165) is 81.5 Å². The van der Waals surface area contributed by atoms with E-state index in [1.165, 1.54) is 11.3 Å². The molecule has 0 atom stereocenters. The molecule has 0 amide bonds. The number of fused-ring (bicyclic) bond motifs is 1. The standard InChI is InChI=1S/C34H42ClN7O/c1-4-14-36-27-8-11-29(12-9-27)42-32-25(21-30(33(42)43)24-6-5-7-26(35)20-24)22-37-34(39-32)38-28-10-13-31(23(2)19-28)41-17-15-40(3)16-18-41/h5-7,10,13,19-22,27,29,36H,4,8-9,11-12,14-18H2,1-3H3,(H,37,38,39)/t27-,29-. The first-order valence-electron chi connectivity index (χ1n) is 15.6. The van der Waals surface area contributed by atoms with Crippen LogP contribution in [-0.4, -0.2) is 65.2 Å². The Kier molecular flexibility index (Phi) is 8.98. The fraction of sp³-hybridized carbons (Fsp3) is 0.441. The minimum Gasteiger partial charge on any atom is -0.369 e. The number of halogens is 1. The Morgan fingerprint density at radius 1 is 1.00 bits per heavy atom. The first-order chi connectivity index (χ1) is 20.9. The molecule has 1 aliphatic heterocycles. The van der Waals surface area contributed by atoms with Crippen LogP contribution in [0.4, 0.5) is 17.3 Å². The number of likely N-dealkylation sites (N-methyl/N-ethyl adjacent to an activating group) is 1. The maximum absolute atomic E-state index is 14.2. The maximum Gasteiger partial charge on any atom is 0.260 e. The van der Waals surface area contributed by atoms with Crippen molar-refractivity contribution in [2.75, 3.05) is 50.0 Å². The summed E-state index contributed by atoms with van der Waals surface area (Å²) in [5.74, 6) is 0.487. The molecule has 2 aromatic heterocycles. The zero-order valence-corrected chi connectivity index (χ0v) is 26.2. The monoisotopic (exact) mass is 599 g/mol. The second-order valence-corrected chi connectivity index (χ2v) is 12.5. The third kappa shape index (κ3) is 6.56. The number of nitrogens with one attached hydrogen (secondary N) is 2. The molecule has 8 nitrogen and oxygen atoms in total. The van der Waals surface area contributed by atoms with Crippen LogP contribution in [0.15, 0.2) is 59.5 Å². The molecule has 1 saturated heterocycles. The molecule has 2 N–H and O–H groups in total. The van der Waals surface area contributed by atoms with E-state index in [4.69, 9.17) is 16.6 Å². The average Bonchev–Trinajstić information content (AvgIpc) is 3.01. The molecule has 43 heavy (non-hydrogen) atoms. The predicted molar refractivity (Wildman–Crippen MR) is 178 cm³/mol. The molecular weight excluding hydrogens is 558 g/mol. The summed E-state index contributed by atoms with van der Waals surface area (Å²) in [6.45, 7) is 9.58. The van der Waals surface area contributed by atoms with Gasteiger partial charge in [-0.3, -0.25) is 9.36 Å². The van der Waals surface area contributed by atoms with Crippen molar-refractivity contribution in [2.45, 2.75) is 58.0 Å². The van der Waals surface area contributed by atoms with Crippen molar-refractivity contribution in [1.82, 2.24) is 24.8 Å². The quantitative estimate of drug-likeness (QED) is 0.243. The number of hydrogen-bond acceptors (Lipinski definition) is 7. The Bertz CT molecular complexity index is 1640. The first kappa shape index (κ1) is 29.6. The Morgan fingerprint density at radius 2 is 1.79 bits per heavy atom. The number of aromatic nitrogens is 3. The molecule has 9 heteroatoms. The van der Waals surface area contributed by atoms with Crippen molar-refractivity contribution in [1.29, 1.82) is 0 Å². The largest absolute Gasteiger partial charge is 0.369 e. The van der Waals surface area contributed by atoms with Crippen molar-refractivity contribution in [3.8, 4) is 11.1 Å². The zero-order valence-electron chi connectivity index (χ0n) is 25.4. The fourth-order valence-electron chi connectivity index (χ4n) is 6.53. The Labute approximate surface area is 259 Å². The van der Waals surface area contributed by atoms with Crippen LogP contribution >= 0.6 is 11.6 Å². The van der Waals surface area contributed by atoms with E-state index < -0.39 is 0 Å². The van der Waals surface area contributed by atoms with Gasteiger partial charge in [0, 0.05) is 71.8 Å². The summed E-state index contributed by atoms with van der Waals surface area (Å²) in [6.07, 6.45) is 6.87. The van der Waals surface area contributed by atoms with Gasteiger partial charge < -0.3 is 20.4 Å². The number of piperazine rings is 1. The van der Waals surface area contributed by atoms with Crippen LogP contribution in [0.5, 0.6) is 0 Å². The van der Waals surface area contributed by atoms with E-state index in [-0.39, 0.29) is 11.6 Å². The SMILES string of the molecule is CCCN[C@H]1CC[C@H](n2c(=O)c(-c3cccc(Cl)c3)cc3cnc(Nc4ccc(N5CCN(C)CC5)c(C)c4)nc32)CC1. The fourth-order valence-corrected chi connectivity index (χ4v) is 6.72. The van der Waals surface area contributed by atoms with Gasteiger partial charge >= 0.3 is 0 Å². The van der Waals surface area contributed by atoms with Crippen molar-refractivity contribution in [3.05, 3.63) is 75.7 Å². The summed E-state index contributed by atoms with van der Waals surface area (Å²) in [5.41, 5.74) is 5.49. The van der Waals surface area contributed by atoms with Crippen molar-refractivity contribution < 1.29 is 0 Å². The van der Waals surface area contributed by atoms with E-state index in [1.54, 1.807) is 0 Å². The summed E-state index contributed by atoms with van der Waals surface area (Å²) in [6, 6.07) is 16.4. The number of benzene rings is 2. The first-order valence-corrected chi connectivity index (χ1v) is 16.0. The van der Waals surface area contributed by atoms with Crippen LogP contribution in [0.2, 0.25) is 5.02 Å². The minimum absolute atomic E-state index is 0.0308. The van der Waals surface area contributed by atoms with Gasteiger partial charge in [0.1, 0.15) is 5.65 Å². The molecule has 2 fully saturated rings. The number of pyridine rings is 1. The second-order valence-electron chi connectivity index (χ2n) is 12.1. The molecule has 226 valence electrons. The maximum atomic E-state index is 14.2. The molecule has 1 aliphatic carbocycles. The van der Waals surface area contributed by atoms with Gasteiger partial charge in [-0.1, -0.05) is 30.7 Å². The van der Waals surface area contributed by atoms with Crippen LogP contribution in [0.1, 0.15) is 50.6 Å². The highest BCUT2D eigenvalue weighted by atomic mass is 35.5. The number of hydrogen-bond donors (Lipinski definition) is 2. The highest BCUT2D eigenvalue weighted by Gasteiger charge is 2.26. The highest BCUT2D eigenvalue weighted by molar-refractivity contribution is 6.30. The van der Waals surface area contributed by atoms with Gasteiger partial charge in [0.25, 0.3) is 5.56 Å². The Hall–Kier alpha value is -3.46. The van der Waals surface area contributed by atoms with Crippen LogP contribution in [-0.2, 0) is 0 Å². The minimum atomic E-state index is -0.0308. The van der Waals surface area contributed by atoms with Crippen LogP contribution in [0, 0.1) is 6.92 Å². The van der Waals surface area contributed by atoms with Crippen molar-refractivity contribution in [3.63, 3.8) is 0 Å². The molecule has 1 saturated carbocycles. The van der Waals surface area contributed by atoms with Gasteiger partial charge in [-0.25, -0.2) is 4.98 Å². The lowest BCUT2D eigenvalue weighted by atomic mass is 9.90.